The van der Waals surface area contributed by atoms with E-state index >= 15 is 0 Å². The van der Waals surface area contributed by atoms with E-state index < -0.39 is 41.0 Å². The molecule has 2 aromatic rings. The third kappa shape index (κ3) is 3.71. The molecule has 0 saturated carbocycles. The SMILES string of the molecule is CCCn1c(N)c(C(=O)COC(=O)c2ccc(F)cc2)c(=O)n(C)c1=O. The molecule has 1 heterocycles. The summed E-state index contributed by atoms with van der Waals surface area (Å²) < 4.78 is 19.6. The number of carbonyl (C=O) groups is 2. The topological polar surface area (TPSA) is 113 Å². The van der Waals surface area contributed by atoms with Gasteiger partial charge in [0.2, 0.25) is 5.78 Å². The van der Waals surface area contributed by atoms with Gasteiger partial charge in [-0.05, 0) is 30.7 Å². The molecule has 0 radical (unpaired) electrons. The quantitative estimate of drug-likeness (QED) is 0.598. The first kappa shape index (κ1) is 19.1. The van der Waals surface area contributed by atoms with Crippen LogP contribution in [0.15, 0.2) is 33.9 Å². The molecule has 0 fully saturated rings. The van der Waals surface area contributed by atoms with E-state index in [0.717, 1.165) is 21.3 Å². The summed E-state index contributed by atoms with van der Waals surface area (Å²) in [6, 6.07) is 4.56. The van der Waals surface area contributed by atoms with Crippen molar-refractivity contribution in [3.8, 4) is 0 Å². The molecule has 0 spiro atoms. The van der Waals surface area contributed by atoms with Crippen LogP contribution in [0.4, 0.5) is 10.2 Å². The fourth-order valence-corrected chi connectivity index (χ4v) is 2.36. The Hall–Kier alpha value is -3.23. The molecule has 0 aliphatic heterocycles. The van der Waals surface area contributed by atoms with E-state index in [2.05, 4.69) is 0 Å². The molecule has 26 heavy (non-hydrogen) atoms. The van der Waals surface area contributed by atoms with E-state index in [1.165, 1.54) is 19.2 Å². The van der Waals surface area contributed by atoms with Crippen LogP contribution in [-0.4, -0.2) is 27.5 Å². The number of aromatic nitrogens is 2. The van der Waals surface area contributed by atoms with Crippen molar-refractivity contribution in [2.24, 2.45) is 7.05 Å². The number of hydrogen-bond acceptors (Lipinski definition) is 6. The normalized spacial score (nSPS) is 10.6. The summed E-state index contributed by atoms with van der Waals surface area (Å²) in [4.78, 5) is 48.5. The summed E-state index contributed by atoms with van der Waals surface area (Å²) >= 11 is 0. The van der Waals surface area contributed by atoms with Gasteiger partial charge in [-0.3, -0.25) is 18.7 Å². The van der Waals surface area contributed by atoms with Gasteiger partial charge in [-0.2, -0.15) is 0 Å². The van der Waals surface area contributed by atoms with Crippen molar-refractivity contribution in [1.82, 2.24) is 9.13 Å². The van der Waals surface area contributed by atoms with E-state index in [-0.39, 0.29) is 17.9 Å². The molecule has 1 aromatic carbocycles. The number of halogens is 1. The molecule has 138 valence electrons. The van der Waals surface area contributed by atoms with Crippen molar-refractivity contribution in [3.63, 3.8) is 0 Å². The van der Waals surface area contributed by atoms with Crippen LogP contribution < -0.4 is 17.0 Å². The third-order valence-corrected chi connectivity index (χ3v) is 3.72. The molecule has 0 saturated heterocycles. The van der Waals surface area contributed by atoms with E-state index in [0.29, 0.717) is 6.42 Å². The zero-order valence-corrected chi connectivity index (χ0v) is 14.3. The van der Waals surface area contributed by atoms with Crippen LogP contribution in [-0.2, 0) is 18.3 Å². The summed E-state index contributed by atoms with van der Waals surface area (Å²) in [6.45, 7) is 1.30. The van der Waals surface area contributed by atoms with Crippen molar-refractivity contribution < 1.29 is 18.7 Å². The van der Waals surface area contributed by atoms with Gasteiger partial charge in [-0.25, -0.2) is 14.0 Å². The Morgan fingerprint density at radius 3 is 2.38 bits per heavy atom. The van der Waals surface area contributed by atoms with Crippen molar-refractivity contribution >= 4 is 17.6 Å². The average Bonchev–Trinajstić information content (AvgIpc) is 2.62. The van der Waals surface area contributed by atoms with Crippen molar-refractivity contribution in [1.29, 1.82) is 0 Å². The molecule has 2 rings (SSSR count). The maximum absolute atomic E-state index is 12.9. The first-order valence-electron chi connectivity index (χ1n) is 7.83. The lowest BCUT2D eigenvalue weighted by atomic mass is 10.2. The number of nitrogen functional groups attached to an aromatic ring is 1. The van der Waals surface area contributed by atoms with Gasteiger partial charge in [-0.1, -0.05) is 6.92 Å². The van der Waals surface area contributed by atoms with Crippen molar-refractivity contribution in [2.75, 3.05) is 12.3 Å². The maximum atomic E-state index is 12.9. The van der Waals surface area contributed by atoms with Gasteiger partial charge in [0.05, 0.1) is 5.56 Å². The minimum absolute atomic E-state index is 0.0519. The molecule has 0 atom stereocenters. The van der Waals surface area contributed by atoms with Gasteiger partial charge < -0.3 is 10.5 Å². The standard InChI is InChI=1S/C17H18FN3O5/c1-3-8-21-14(19)13(15(23)20(2)17(21)25)12(22)9-26-16(24)10-4-6-11(18)7-5-10/h4-7H,3,8-9,19H2,1-2H3. The van der Waals surface area contributed by atoms with E-state index in [4.69, 9.17) is 10.5 Å². The number of rotatable bonds is 6. The first-order valence-corrected chi connectivity index (χ1v) is 7.83. The lowest BCUT2D eigenvalue weighted by Gasteiger charge is -2.13. The summed E-state index contributed by atoms with van der Waals surface area (Å²) in [5.41, 5.74) is 3.97. The Bertz CT molecular complexity index is 960. The van der Waals surface area contributed by atoms with Gasteiger partial charge in [-0.15, -0.1) is 0 Å². The number of ketones is 1. The van der Waals surface area contributed by atoms with Gasteiger partial charge in [0, 0.05) is 13.6 Å². The number of esters is 1. The number of anilines is 1. The second-order valence-electron chi connectivity index (χ2n) is 5.56. The van der Waals surface area contributed by atoms with Gasteiger partial charge in [0.15, 0.2) is 6.61 Å². The number of nitrogens with two attached hydrogens (primary N) is 1. The molecule has 8 nitrogen and oxygen atoms in total. The molecule has 0 aliphatic carbocycles. The molecule has 0 unspecified atom stereocenters. The minimum atomic E-state index is -0.859. The number of nitrogens with zero attached hydrogens (tertiary/aromatic N) is 2. The predicted molar refractivity (Wildman–Crippen MR) is 91.7 cm³/mol. The number of carbonyl (C=O) groups excluding carboxylic acids is 2. The van der Waals surface area contributed by atoms with Crippen LogP contribution in [0.3, 0.4) is 0 Å². The van der Waals surface area contributed by atoms with Crippen LogP contribution in [0.2, 0.25) is 0 Å². The Morgan fingerprint density at radius 2 is 1.81 bits per heavy atom. The monoisotopic (exact) mass is 363 g/mol. The van der Waals surface area contributed by atoms with Crippen molar-refractivity contribution in [3.05, 3.63) is 62.0 Å². The van der Waals surface area contributed by atoms with Gasteiger partial charge in [0.25, 0.3) is 5.56 Å². The zero-order valence-electron chi connectivity index (χ0n) is 14.3. The lowest BCUT2D eigenvalue weighted by Crippen LogP contribution is -2.43. The highest BCUT2D eigenvalue weighted by molar-refractivity contribution is 6.02. The van der Waals surface area contributed by atoms with E-state index in [9.17, 15) is 23.6 Å². The van der Waals surface area contributed by atoms with Crippen LogP contribution in [0.5, 0.6) is 0 Å². The lowest BCUT2D eigenvalue weighted by molar-refractivity contribution is 0.0474. The molecular formula is C17H18FN3O5. The number of hydrogen-bond donors (Lipinski definition) is 1. The molecule has 0 amide bonds. The summed E-state index contributed by atoms with van der Waals surface area (Å²) in [6.07, 6.45) is 0.565. The Labute approximate surface area is 147 Å². The van der Waals surface area contributed by atoms with Crippen LogP contribution in [0.25, 0.3) is 0 Å². The molecule has 9 heteroatoms. The van der Waals surface area contributed by atoms with Gasteiger partial charge in [0.1, 0.15) is 17.2 Å². The Kier molecular flexibility index (Phi) is 5.71. The smallest absolute Gasteiger partial charge is 0.338 e. The van der Waals surface area contributed by atoms with Gasteiger partial charge >= 0.3 is 11.7 Å². The molecule has 0 aliphatic rings. The van der Waals surface area contributed by atoms with Crippen LogP contribution in [0, 0.1) is 5.82 Å². The Morgan fingerprint density at radius 1 is 1.19 bits per heavy atom. The first-order chi connectivity index (χ1) is 12.3. The van der Waals surface area contributed by atoms with Crippen LogP contribution in [0.1, 0.15) is 34.1 Å². The second kappa shape index (κ2) is 7.77. The molecular weight excluding hydrogens is 345 g/mol. The van der Waals surface area contributed by atoms with Crippen LogP contribution >= 0.6 is 0 Å². The summed E-state index contributed by atoms with van der Waals surface area (Å²) in [7, 11) is 1.23. The summed E-state index contributed by atoms with van der Waals surface area (Å²) in [5, 5.41) is 0. The third-order valence-electron chi connectivity index (χ3n) is 3.72. The van der Waals surface area contributed by atoms with E-state index in [1.807, 2.05) is 6.92 Å². The fourth-order valence-electron chi connectivity index (χ4n) is 2.36. The number of Topliss-reactive ketones (excluding diaryl/α,β-unsaturated/α-hetero) is 1. The highest BCUT2D eigenvalue weighted by Crippen LogP contribution is 2.09. The fraction of sp³-hybridized carbons (Fsp3) is 0.294. The number of ether oxygens (including phenoxy) is 1. The highest BCUT2D eigenvalue weighted by Gasteiger charge is 2.22. The average molecular weight is 363 g/mol. The molecule has 0 bridgehead atoms. The predicted octanol–water partition coefficient (Wildman–Crippen LogP) is 0.718. The number of benzene rings is 1. The summed E-state index contributed by atoms with van der Waals surface area (Å²) in [5.74, 6) is -2.46. The van der Waals surface area contributed by atoms with Crippen molar-refractivity contribution in [2.45, 2.75) is 19.9 Å². The largest absolute Gasteiger partial charge is 0.454 e. The highest BCUT2D eigenvalue weighted by atomic mass is 19.1. The Balaban J connectivity index is 2.27. The maximum Gasteiger partial charge on any atom is 0.338 e. The second-order valence-corrected chi connectivity index (χ2v) is 5.56. The van der Waals surface area contributed by atoms with E-state index in [1.54, 1.807) is 0 Å². The molecule has 2 N–H and O–H groups in total. The zero-order chi connectivity index (χ0) is 19.4. The molecule has 1 aromatic heterocycles. The minimum Gasteiger partial charge on any atom is -0.454 e.